The Morgan fingerprint density at radius 2 is 1.54 bits per heavy atom. The van der Waals surface area contributed by atoms with Gasteiger partial charge >= 0.3 is 5.97 Å². The smallest absolute Gasteiger partial charge is 0.314 e. The number of carbonyl (C=O) groups excluding carboxylic acids is 1. The first-order valence-electron chi connectivity index (χ1n) is 13.3. The van der Waals surface area contributed by atoms with Gasteiger partial charge in [0.1, 0.15) is 6.10 Å². The van der Waals surface area contributed by atoms with E-state index < -0.39 is 75.9 Å². The Kier molecular flexibility index (Phi) is 8.24. The van der Waals surface area contributed by atoms with Crippen molar-refractivity contribution in [3.05, 3.63) is 94.1 Å². The van der Waals surface area contributed by atoms with Crippen molar-refractivity contribution >= 4 is 11.5 Å². The number of hydrogen-bond donors (Lipinski definition) is 1. The summed E-state index contributed by atoms with van der Waals surface area (Å²) >= 11 is 0. The highest BCUT2D eigenvalue weighted by Crippen LogP contribution is 2.39. The van der Waals surface area contributed by atoms with Crippen LogP contribution < -0.4 is 4.74 Å². The lowest BCUT2D eigenvalue weighted by atomic mass is 9.86. The summed E-state index contributed by atoms with van der Waals surface area (Å²) in [5.41, 5.74) is -0.691. The van der Waals surface area contributed by atoms with Gasteiger partial charge in [-0.3, -0.25) is 4.79 Å². The number of carbonyl (C=O) groups is 1. The minimum Gasteiger partial charge on any atom is -0.423 e. The molecule has 0 bridgehead atoms. The molecule has 3 atom stereocenters. The van der Waals surface area contributed by atoms with Gasteiger partial charge < -0.3 is 14.6 Å². The molecule has 0 saturated carbocycles. The summed E-state index contributed by atoms with van der Waals surface area (Å²) in [5.74, 6) is -10.2. The SMILES string of the molecule is CCCC(O)c1ccc(C2=CCC(C(=O)Oc3ccc(-c4ccc(C5CO5)c(F)c4F)c(F)c3F)CC2)c(F)c1F. The fraction of sp³-hybridized carbons (Fsp3) is 0.323. The Bertz CT molecular complexity index is 1530. The van der Waals surface area contributed by atoms with Gasteiger partial charge in [0.05, 0.1) is 18.6 Å². The van der Waals surface area contributed by atoms with Gasteiger partial charge in [-0.15, -0.1) is 0 Å². The molecule has 0 amide bonds. The highest BCUT2D eigenvalue weighted by molar-refractivity contribution is 5.78. The number of aliphatic hydroxyl groups excluding tert-OH is 1. The molecule has 5 rings (SSSR count). The summed E-state index contributed by atoms with van der Waals surface area (Å²) in [6, 6.07) is 7.04. The molecule has 1 heterocycles. The fourth-order valence-electron chi connectivity index (χ4n) is 5.05. The number of halogens is 6. The molecular weight excluding hydrogens is 550 g/mol. The van der Waals surface area contributed by atoms with Crippen LogP contribution in [0.4, 0.5) is 26.3 Å². The molecule has 1 N–H and O–H groups in total. The summed E-state index contributed by atoms with van der Waals surface area (Å²) in [6.07, 6.45) is 1.20. The highest BCUT2D eigenvalue weighted by atomic mass is 19.2. The number of esters is 1. The minimum absolute atomic E-state index is 0.0157. The molecule has 1 saturated heterocycles. The highest BCUT2D eigenvalue weighted by Gasteiger charge is 2.32. The van der Waals surface area contributed by atoms with E-state index in [2.05, 4.69) is 0 Å². The standard InChI is InChI=1S/C31H26F6O4/c1-2-3-22(38)20-10-8-17(25(32)28(20)35)15-4-6-16(7-5-15)31(39)41-23-13-12-19(27(34)30(23)37)18-9-11-21(24-14-40-24)29(36)26(18)33/h4,8-13,16,22,24,38H,2-3,5-7,14H2,1H3. The van der Waals surface area contributed by atoms with Crippen molar-refractivity contribution in [3.8, 4) is 16.9 Å². The second kappa shape index (κ2) is 11.7. The average molecular weight is 577 g/mol. The molecule has 4 nitrogen and oxygen atoms in total. The van der Waals surface area contributed by atoms with Crippen LogP contribution >= 0.6 is 0 Å². The van der Waals surface area contributed by atoms with E-state index in [1.165, 1.54) is 18.2 Å². The molecule has 1 aliphatic carbocycles. The average Bonchev–Trinajstić information content (AvgIpc) is 3.80. The van der Waals surface area contributed by atoms with Gasteiger partial charge in [0.15, 0.2) is 34.8 Å². The number of aliphatic hydroxyl groups is 1. The number of hydrogen-bond acceptors (Lipinski definition) is 4. The third kappa shape index (κ3) is 5.63. The Balaban J connectivity index is 1.29. The largest absolute Gasteiger partial charge is 0.423 e. The minimum atomic E-state index is -1.54. The monoisotopic (exact) mass is 576 g/mol. The second-order valence-electron chi connectivity index (χ2n) is 10.1. The Morgan fingerprint density at radius 1 is 0.902 bits per heavy atom. The molecule has 0 spiro atoms. The molecule has 2 aliphatic rings. The van der Waals surface area contributed by atoms with E-state index >= 15 is 0 Å². The van der Waals surface area contributed by atoms with Crippen molar-refractivity contribution in [1.82, 2.24) is 0 Å². The molecule has 0 aromatic heterocycles. The van der Waals surface area contributed by atoms with Gasteiger partial charge in [0.25, 0.3) is 0 Å². The van der Waals surface area contributed by atoms with E-state index in [9.17, 15) is 36.2 Å². The first kappa shape index (κ1) is 28.9. The van der Waals surface area contributed by atoms with Crippen LogP contribution in [0.15, 0.2) is 42.5 Å². The zero-order valence-electron chi connectivity index (χ0n) is 22.0. The molecule has 0 radical (unpaired) electrons. The number of allylic oxidation sites excluding steroid dienone is 2. The van der Waals surface area contributed by atoms with Crippen LogP contribution in [0.1, 0.15) is 67.9 Å². The summed E-state index contributed by atoms with van der Waals surface area (Å²) in [4.78, 5) is 12.7. The van der Waals surface area contributed by atoms with Gasteiger partial charge in [-0.25, -0.2) is 22.0 Å². The summed E-state index contributed by atoms with van der Waals surface area (Å²) in [7, 11) is 0. The number of ether oxygens (including phenoxy) is 2. The summed E-state index contributed by atoms with van der Waals surface area (Å²) in [6.45, 7) is 2.05. The van der Waals surface area contributed by atoms with Gasteiger partial charge in [-0.1, -0.05) is 43.7 Å². The molecule has 10 heteroatoms. The van der Waals surface area contributed by atoms with Crippen LogP contribution in [-0.2, 0) is 9.53 Å². The Labute approximate surface area is 232 Å². The van der Waals surface area contributed by atoms with Gasteiger partial charge in [0, 0.05) is 27.8 Å². The van der Waals surface area contributed by atoms with Crippen LogP contribution in [0.25, 0.3) is 16.7 Å². The molecule has 41 heavy (non-hydrogen) atoms. The van der Waals surface area contributed by atoms with Crippen LogP contribution in [0.3, 0.4) is 0 Å². The maximum absolute atomic E-state index is 14.9. The van der Waals surface area contributed by atoms with E-state index in [1.54, 1.807) is 6.08 Å². The maximum Gasteiger partial charge on any atom is 0.314 e. The first-order valence-corrected chi connectivity index (χ1v) is 13.3. The summed E-state index contributed by atoms with van der Waals surface area (Å²) in [5, 5.41) is 10.0. The van der Waals surface area contributed by atoms with Gasteiger partial charge in [-0.2, -0.15) is 4.39 Å². The second-order valence-corrected chi connectivity index (χ2v) is 10.1. The number of epoxide rings is 1. The summed E-state index contributed by atoms with van der Waals surface area (Å²) < 4.78 is 98.1. The predicted octanol–water partition coefficient (Wildman–Crippen LogP) is 7.88. The zero-order chi connectivity index (χ0) is 29.4. The topological polar surface area (TPSA) is 59.1 Å². The predicted molar refractivity (Wildman–Crippen MR) is 138 cm³/mol. The maximum atomic E-state index is 14.9. The van der Waals surface area contributed by atoms with Crippen LogP contribution in [0.5, 0.6) is 5.75 Å². The van der Waals surface area contributed by atoms with E-state index in [4.69, 9.17) is 9.47 Å². The van der Waals surface area contributed by atoms with E-state index in [-0.39, 0.29) is 49.0 Å². The lowest BCUT2D eigenvalue weighted by molar-refractivity contribution is -0.139. The first-order chi connectivity index (χ1) is 19.6. The van der Waals surface area contributed by atoms with E-state index in [1.807, 2.05) is 6.92 Å². The van der Waals surface area contributed by atoms with E-state index in [0.29, 0.717) is 12.0 Å². The van der Waals surface area contributed by atoms with Crippen LogP contribution in [-0.4, -0.2) is 17.7 Å². The third-order valence-electron chi connectivity index (χ3n) is 7.46. The molecular formula is C31H26F6O4. The molecule has 3 unspecified atom stereocenters. The number of rotatable bonds is 8. The molecule has 1 fully saturated rings. The van der Waals surface area contributed by atoms with Crippen molar-refractivity contribution in [2.75, 3.05) is 6.61 Å². The quantitative estimate of drug-likeness (QED) is 0.128. The lowest BCUT2D eigenvalue weighted by Crippen LogP contribution is -2.23. The zero-order valence-corrected chi connectivity index (χ0v) is 22.0. The van der Waals surface area contributed by atoms with E-state index in [0.717, 1.165) is 18.2 Å². The van der Waals surface area contributed by atoms with Crippen molar-refractivity contribution in [1.29, 1.82) is 0 Å². The number of benzene rings is 3. The normalized spacial score (nSPS) is 19.1. The van der Waals surface area contributed by atoms with Gasteiger partial charge in [-0.05, 0) is 43.4 Å². The molecule has 216 valence electrons. The molecule has 3 aromatic rings. The van der Waals surface area contributed by atoms with Crippen LogP contribution in [0, 0.1) is 40.8 Å². The van der Waals surface area contributed by atoms with Gasteiger partial charge in [0.2, 0.25) is 5.82 Å². The fourth-order valence-corrected chi connectivity index (χ4v) is 5.05. The van der Waals surface area contributed by atoms with Crippen molar-refractivity contribution in [2.24, 2.45) is 5.92 Å². The lowest BCUT2D eigenvalue weighted by Gasteiger charge is -2.22. The Hall–Kier alpha value is -3.63. The van der Waals surface area contributed by atoms with Crippen molar-refractivity contribution in [2.45, 2.75) is 51.2 Å². The van der Waals surface area contributed by atoms with Crippen molar-refractivity contribution in [3.63, 3.8) is 0 Å². The molecule has 1 aliphatic heterocycles. The third-order valence-corrected chi connectivity index (χ3v) is 7.46. The molecule has 3 aromatic carbocycles. The van der Waals surface area contributed by atoms with Crippen molar-refractivity contribution < 1.29 is 45.7 Å². The van der Waals surface area contributed by atoms with Crippen LogP contribution in [0.2, 0.25) is 0 Å². The Morgan fingerprint density at radius 3 is 2.17 bits per heavy atom.